The highest BCUT2D eigenvalue weighted by molar-refractivity contribution is 6.35. The molecule has 0 aliphatic heterocycles. The number of nitrogens with one attached hydrogen (secondary N) is 1. The average molecular weight is 318 g/mol. The molecule has 0 fully saturated rings. The topological polar surface area (TPSA) is 63.1 Å². The summed E-state index contributed by atoms with van der Waals surface area (Å²) in [4.78, 5) is 12.7. The second-order valence-corrected chi connectivity index (χ2v) is 4.98. The summed E-state index contributed by atoms with van der Waals surface area (Å²) in [6, 6.07) is 9.21. The van der Waals surface area contributed by atoms with Crippen molar-refractivity contribution in [3.8, 4) is 0 Å². The molecule has 0 atom stereocenters. The van der Waals surface area contributed by atoms with Crippen LogP contribution in [0.1, 0.15) is 5.69 Å². The maximum absolute atomic E-state index is 5.98. The first-order chi connectivity index (χ1) is 10.2. The highest BCUT2D eigenvalue weighted by Gasteiger charge is 2.01. The summed E-state index contributed by atoms with van der Waals surface area (Å²) in [5, 5.41) is 4.90. The summed E-state index contributed by atoms with van der Waals surface area (Å²) in [6.45, 7) is 0. The summed E-state index contributed by atoms with van der Waals surface area (Å²) in [5.74, 6) is 0.422. The maximum atomic E-state index is 5.98. The zero-order valence-electron chi connectivity index (χ0n) is 10.7. The Labute approximate surface area is 130 Å². The highest BCUT2D eigenvalue weighted by Crippen LogP contribution is 2.22. The minimum Gasteiger partial charge on any atom is -0.260 e. The monoisotopic (exact) mass is 317 g/mol. The van der Waals surface area contributed by atoms with Gasteiger partial charge in [0, 0.05) is 6.20 Å². The van der Waals surface area contributed by atoms with Gasteiger partial charge in [-0.25, -0.2) is 9.97 Å². The third-order valence-electron chi connectivity index (χ3n) is 2.64. The molecule has 0 saturated heterocycles. The molecule has 0 unspecified atom stereocenters. The van der Waals surface area contributed by atoms with Crippen LogP contribution in [0, 0.1) is 0 Å². The number of anilines is 1. The second-order valence-electron chi connectivity index (χ2n) is 4.14. The van der Waals surface area contributed by atoms with E-state index in [1.807, 2.05) is 24.3 Å². The van der Waals surface area contributed by atoms with Gasteiger partial charge in [0.25, 0.3) is 0 Å². The summed E-state index contributed by atoms with van der Waals surface area (Å²) in [6.07, 6.45) is 4.68. The van der Waals surface area contributed by atoms with E-state index in [-0.39, 0.29) is 0 Å². The number of fused-ring (bicyclic) bond motifs is 1. The van der Waals surface area contributed by atoms with Gasteiger partial charge >= 0.3 is 0 Å². The van der Waals surface area contributed by atoms with Gasteiger partial charge < -0.3 is 0 Å². The molecule has 0 radical (unpaired) electrons. The third-order valence-corrected chi connectivity index (χ3v) is 3.14. The summed E-state index contributed by atoms with van der Waals surface area (Å²) >= 11 is 11.7. The largest absolute Gasteiger partial charge is 0.260 e. The molecule has 0 spiro atoms. The van der Waals surface area contributed by atoms with Gasteiger partial charge in [0.1, 0.15) is 5.69 Å². The molecule has 1 aromatic carbocycles. The van der Waals surface area contributed by atoms with E-state index in [9.17, 15) is 0 Å². The van der Waals surface area contributed by atoms with E-state index in [4.69, 9.17) is 23.2 Å². The van der Waals surface area contributed by atoms with Crippen molar-refractivity contribution in [2.24, 2.45) is 5.10 Å². The molecule has 0 aliphatic rings. The average Bonchev–Trinajstić information content (AvgIpc) is 2.49. The zero-order chi connectivity index (χ0) is 14.7. The number of pyridine rings is 1. The van der Waals surface area contributed by atoms with Crippen molar-refractivity contribution in [3.63, 3.8) is 0 Å². The van der Waals surface area contributed by atoms with Crippen LogP contribution in [0.5, 0.6) is 0 Å². The third kappa shape index (κ3) is 3.26. The molecule has 1 N–H and O–H groups in total. The van der Waals surface area contributed by atoms with Crippen LogP contribution in [-0.2, 0) is 0 Å². The molecule has 0 bridgehead atoms. The van der Waals surface area contributed by atoms with E-state index in [0.717, 1.165) is 11.0 Å². The predicted octanol–water partition coefficient (Wildman–Crippen LogP) is 3.78. The van der Waals surface area contributed by atoms with Gasteiger partial charge in [0.05, 0.1) is 33.5 Å². The lowest BCUT2D eigenvalue weighted by atomic mass is 10.3. The number of hydrazone groups is 1. The van der Waals surface area contributed by atoms with Gasteiger partial charge in [0.15, 0.2) is 5.82 Å². The first-order valence-electron chi connectivity index (χ1n) is 6.04. The second kappa shape index (κ2) is 6.03. The van der Waals surface area contributed by atoms with Crippen LogP contribution in [0.2, 0.25) is 10.0 Å². The van der Waals surface area contributed by atoms with E-state index < -0.39 is 0 Å². The number of benzene rings is 1. The van der Waals surface area contributed by atoms with Crippen LogP contribution < -0.4 is 5.43 Å². The molecule has 0 amide bonds. The number of hydrogen-bond acceptors (Lipinski definition) is 5. The molecule has 3 rings (SSSR count). The summed E-state index contributed by atoms with van der Waals surface area (Å²) in [7, 11) is 0. The fraction of sp³-hybridized carbons (Fsp3) is 0. The van der Waals surface area contributed by atoms with Crippen molar-refractivity contribution >= 4 is 46.3 Å². The standard InChI is InChI=1S/C14H9Cl2N5/c15-9-5-11(16)14(18-6-9)21-19-8-10-7-17-12-3-1-2-4-13(12)20-10/h1-8H,(H,18,21)/b19-8-. The Bertz CT molecular complexity index is 819. The number of aromatic nitrogens is 3. The summed E-state index contributed by atoms with van der Waals surface area (Å²) in [5.41, 5.74) is 5.01. The van der Waals surface area contributed by atoms with Crippen molar-refractivity contribution in [3.05, 3.63) is 58.5 Å². The minimum atomic E-state index is 0.393. The number of hydrogen-bond donors (Lipinski definition) is 1. The van der Waals surface area contributed by atoms with Gasteiger partial charge in [-0.2, -0.15) is 5.10 Å². The molecule has 104 valence electrons. The van der Waals surface area contributed by atoms with E-state index in [2.05, 4.69) is 25.5 Å². The number of rotatable bonds is 3. The van der Waals surface area contributed by atoms with Crippen molar-refractivity contribution in [2.75, 3.05) is 5.43 Å². The number of halogens is 2. The van der Waals surface area contributed by atoms with Crippen molar-refractivity contribution in [1.29, 1.82) is 0 Å². The Hall–Kier alpha value is -2.24. The number of nitrogens with zero attached hydrogens (tertiary/aromatic N) is 4. The lowest BCUT2D eigenvalue weighted by Crippen LogP contribution is -1.96. The van der Waals surface area contributed by atoms with Gasteiger partial charge in [-0.05, 0) is 18.2 Å². The smallest absolute Gasteiger partial charge is 0.165 e. The fourth-order valence-corrected chi connectivity index (χ4v) is 2.11. The van der Waals surface area contributed by atoms with E-state index in [0.29, 0.717) is 21.6 Å². The normalized spacial score (nSPS) is 11.1. The Kier molecular flexibility index (Phi) is 3.94. The molecular weight excluding hydrogens is 309 g/mol. The maximum Gasteiger partial charge on any atom is 0.165 e. The van der Waals surface area contributed by atoms with Crippen LogP contribution in [0.4, 0.5) is 5.82 Å². The molecule has 0 aliphatic carbocycles. The first kappa shape index (κ1) is 13.7. The van der Waals surface area contributed by atoms with Crippen molar-refractivity contribution < 1.29 is 0 Å². The fourth-order valence-electron chi connectivity index (χ4n) is 1.69. The molecule has 0 saturated carbocycles. The van der Waals surface area contributed by atoms with Gasteiger partial charge in [0.2, 0.25) is 0 Å². The Morgan fingerprint density at radius 3 is 2.67 bits per heavy atom. The summed E-state index contributed by atoms with van der Waals surface area (Å²) < 4.78 is 0. The molecule has 3 aromatic rings. The number of para-hydroxylation sites is 2. The van der Waals surface area contributed by atoms with Gasteiger partial charge in [-0.1, -0.05) is 35.3 Å². The van der Waals surface area contributed by atoms with Crippen molar-refractivity contribution in [2.45, 2.75) is 0 Å². The molecule has 5 nitrogen and oxygen atoms in total. The lowest BCUT2D eigenvalue weighted by molar-refractivity contribution is 1.22. The zero-order valence-corrected chi connectivity index (χ0v) is 12.2. The molecule has 7 heteroatoms. The molecule has 2 heterocycles. The molecular formula is C14H9Cl2N5. The quantitative estimate of drug-likeness (QED) is 0.590. The minimum absolute atomic E-state index is 0.393. The van der Waals surface area contributed by atoms with E-state index >= 15 is 0 Å². The van der Waals surface area contributed by atoms with Crippen LogP contribution in [0.3, 0.4) is 0 Å². The van der Waals surface area contributed by atoms with Crippen molar-refractivity contribution in [1.82, 2.24) is 15.0 Å². The van der Waals surface area contributed by atoms with Gasteiger partial charge in [-0.15, -0.1) is 0 Å². The van der Waals surface area contributed by atoms with Crippen LogP contribution >= 0.6 is 23.2 Å². The Balaban J connectivity index is 1.78. The Morgan fingerprint density at radius 1 is 1.05 bits per heavy atom. The van der Waals surface area contributed by atoms with E-state index in [1.165, 1.54) is 6.20 Å². The Morgan fingerprint density at radius 2 is 1.86 bits per heavy atom. The predicted molar refractivity (Wildman–Crippen MR) is 85.0 cm³/mol. The molecule has 21 heavy (non-hydrogen) atoms. The first-order valence-corrected chi connectivity index (χ1v) is 6.80. The SMILES string of the molecule is Clc1cnc(N/N=C\c2cnc3ccccc3n2)c(Cl)c1. The van der Waals surface area contributed by atoms with Crippen LogP contribution in [0.15, 0.2) is 47.8 Å². The highest BCUT2D eigenvalue weighted by atomic mass is 35.5. The molecule has 2 aromatic heterocycles. The van der Waals surface area contributed by atoms with Crippen LogP contribution in [-0.4, -0.2) is 21.2 Å². The lowest BCUT2D eigenvalue weighted by Gasteiger charge is -2.02. The van der Waals surface area contributed by atoms with Crippen LogP contribution in [0.25, 0.3) is 11.0 Å². The van der Waals surface area contributed by atoms with E-state index in [1.54, 1.807) is 18.5 Å². The van der Waals surface area contributed by atoms with Gasteiger partial charge in [-0.3, -0.25) is 10.4 Å².